The number of aromatic amines is 1. The monoisotopic (exact) mass is 553 g/mol. The van der Waals surface area contributed by atoms with Gasteiger partial charge in [-0.2, -0.15) is 0 Å². The number of carbonyl (C=O) groups excluding carboxylic acids is 3. The summed E-state index contributed by atoms with van der Waals surface area (Å²) < 4.78 is 0. The van der Waals surface area contributed by atoms with E-state index in [2.05, 4.69) is 20.9 Å². The second-order valence-corrected chi connectivity index (χ2v) is 10.9. The summed E-state index contributed by atoms with van der Waals surface area (Å²) in [4.78, 5) is 54.1. The Morgan fingerprint density at radius 1 is 1.14 bits per heavy atom. The van der Waals surface area contributed by atoms with Crippen molar-refractivity contribution in [1.82, 2.24) is 20.9 Å². The maximum Gasteiger partial charge on any atom is 0.405 e. The number of carbonyl (C=O) groups is 4. The second kappa shape index (κ2) is 11.2. The van der Waals surface area contributed by atoms with Crippen LogP contribution in [0, 0.1) is 11.8 Å². The van der Waals surface area contributed by atoms with Crippen LogP contribution in [-0.2, 0) is 27.2 Å². The van der Waals surface area contributed by atoms with E-state index in [1.54, 1.807) is 32.9 Å². The molecule has 4 amide bonds. The molecule has 0 radical (unpaired) electrons. The highest BCUT2D eigenvalue weighted by atomic mass is 35.5. The lowest BCUT2D eigenvalue weighted by molar-refractivity contribution is -0.137. The maximum atomic E-state index is 13.8. The van der Waals surface area contributed by atoms with Gasteiger partial charge in [0.25, 0.3) is 0 Å². The number of hydrogen-bond donors (Lipinski definition) is 6. The minimum Gasteiger partial charge on any atom is -0.465 e. The van der Waals surface area contributed by atoms with E-state index in [9.17, 15) is 24.3 Å². The zero-order chi connectivity index (χ0) is 27.7. The number of rotatable bonds is 9. The molecule has 1 aromatic heterocycles. The number of fused-ring (bicyclic) bond motifs is 3. The highest BCUT2D eigenvalue weighted by Gasteiger charge is 2.46. The van der Waals surface area contributed by atoms with Crippen LogP contribution >= 0.6 is 23.2 Å². The van der Waals surface area contributed by atoms with E-state index >= 15 is 0 Å². The van der Waals surface area contributed by atoms with Crippen molar-refractivity contribution in [2.75, 3.05) is 0 Å². The minimum absolute atomic E-state index is 0.0699. The first-order chi connectivity index (χ1) is 17.3. The fourth-order valence-corrected chi connectivity index (χ4v) is 5.36. The molecule has 0 saturated heterocycles. The predicted octanol–water partition coefficient (Wildman–Crippen LogP) is 3.13. The highest BCUT2D eigenvalue weighted by Crippen LogP contribution is 2.38. The number of aromatic nitrogens is 1. The van der Waals surface area contributed by atoms with Crippen molar-refractivity contribution < 1.29 is 24.3 Å². The third kappa shape index (κ3) is 5.96. The quantitative estimate of drug-likeness (QED) is 0.280. The van der Waals surface area contributed by atoms with Crippen molar-refractivity contribution in [2.45, 2.75) is 71.0 Å². The van der Waals surface area contributed by atoms with Crippen LogP contribution in [0.5, 0.6) is 0 Å². The molecule has 0 saturated carbocycles. The summed E-state index contributed by atoms with van der Waals surface area (Å²) in [6, 6.07) is 1.31. The molecular formula is C25H33Cl2N5O5. The van der Waals surface area contributed by atoms with Gasteiger partial charge >= 0.3 is 6.09 Å². The predicted molar refractivity (Wildman–Crippen MR) is 142 cm³/mol. The zero-order valence-electron chi connectivity index (χ0n) is 21.2. The van der Waals surface area contributed by atoms with Gasteiger partial charge < -0.3 is 31.8 Å². The first kappa shape index (κ1) is 28.6. The van der Waals surface area contributed by atoms with E-state index in [0.717, 1.165) is 16.6 Å². The molecule has 7 N–H and O–H groups in total. The van der Waals surface area contributed by atoms with Crippen LogP contribution < -0.4 is 21.7 Å². The molecule has 3 rings (SSSR count). The number of primary amides is 1. The largest absolute Gasteiger partial charge is 0.465 e. The van der Waals surface area contributed by atoms with Crippen LogP contribution in [0.4, 0.5) is 4.79 Å². The lowest BCUT2D eigenvalue weighted by Crippen LogP contribution is -2.67. The molecular weight excluding hydrogens is 521 g/mol. The molecule has 0 fully saturated rings. The van der Waals surface area contributed by atoms with Gasteiger partial charge in [0.2, 0.25) is 17.7 Å². The van der Waals surface area contributed by atoms with Gasteiger partial charge in [0.15, 0.2) is 0 Å². The number of benzene rings is 1. The Bertz CT molecular complexity index is 1230. The summed E-state index contributed by atoms with van der Waals surface area (Å²) in [6.45, 7) is 7.08. The van der Waals surface area contributed by atoms with Gasteiger partial charge in [-0.25, -0.2) is 4.79 Å². The molecule has 1 aliphatic rings. The number of hydrogen-bond acceptors (Lipinski definition) is 4. The number of amides is 4. The normalized spacial score (nSPS) is 19.5. The second-order valence-electron chi connectivity index (χ2n) is 10.1. The van der Waals surface area contributed by atoms with E-state index in [1.807, 2.05) is 6.92 Å². The van der Waals surface area contributed by atoms with E-state index in [4.69, 9.17) is 28.9 Å². The topological polar surface area (TPSA) is 166 Å². The Labute approximate surface area is 225 Å². The van der Waals surface area contributed by atoms with Gasteiger partial charge in [0.1, 0.15) is 17.6 Å². The fourth-order valence-electron chi connectivity index (χ4n) is 4.82. The minimum atomic E-state index is -1.48. The molecule has 12 heteroatoms. The lowest BCUT2D eigenvalue weighted by Gasteiger charge is -2.39. The molecule has 4 atom stereocenters. The van der Waals surface area contributed by atoms with Crippen molar-refractivity contribution in [3.63, 3.8) is 0 Å². The molecule has 2 unspecified atom stereocenters. The number of nitrogens with one attached hydrogen (secondary N) is 4. The average Bonchev–Trinajstić information content (AvgIpc) is 3.17. The molecule has 0 aliphatic heterocycles. The van der Waals surface area contributed by atoms with E-state index in [-0.39, 0.29) is 24.7 Å². The highest BCUT2D eigenvalue weighted by molar-refractivity contribution is 6.38. The van der Waals surface area contributed by atoms with Crippen LogP contribution in [0.2, 0.25) is 10.0 Å². The van der Waals surface area contributed by atoms with Gasteiger partial charge in [-0.3, -0.25) is 14.4 Å². The van der Waals surface area contributed by atoms with Gasteiger partial charge in [-0.05, 0) is 42.4 Å². The molecule has 2 aromatic rings. The van der Waals surface area contributed by atoms with Gasteiger partial charge in [-0.15, -0.1) is 0 Å². The van der Waals surface area contributed by atoms with Crippen molar-refractivity contribution in [3.05, 3.63) is 33.4 Å². The molecule has 1 heterocycles. The maximum absolute atomic E-state index is 13.8. The van der Waals surface area contributed by atoms with E-state index < -0.39 is 41.4 Å². The smallest absolute Gasteiger partial charge is 0.405 e. The Balaban J connectivity index is 2.08. The Kier molecular flexibility index (Phi) is 8.64. The van der Waals surface area contributed by atoms with Crippen molar-refractivity contribution in [3.8, 4) is 0 Å². The third-order valence-electron chi connectivity index (χ3n) is 7.13. The molecule has 1 aliphatic carbocycles. The van der Waals surface area contributed by atoms with Crippen molar-refractivity contribution in [1.29, 1.82) is 0 Å². The number of H-pyrrole nitrogens is 1. The SMILES string of the molecule is CCC(C)C(NC(=O)O)C(=O)N[C@]1(C(=O)N[C@H](C(N)=O)C(C)C)CCc2[nH]c3c(Cl)cc(Cl)cc3c2C1. The first-order valence-electron chi connectivity index (χ1n) is 12.2. The van der Waals surface area contributed by atoms with Crippen molar-refractivity contribution >= 4 is 57.9 Å². The van der Waals surface area contributed by atoms with Gasteiger partial charge in [0, 0.05) is 22.5 Å². The number of aryl methyl sites for hydroxylation is 1. The Hall–Kier alpha value is -2.98. The standard InChI is InChI=1S/C25H33Cl2N5O5/c1-5-12(4)19(31-24(36)37)22(34)32-25(23(35)30-18(11(2)3)21(28)33)7-6-17-15(10-25)14-8-13(26)9-16(27)20(14)29-17/h8-9,11-12,18-19,29,31H,5-7,10H2,1-4H3,(H2,28,33)(H,30,35)(H,32,34)(H,36,37)/t12?,18-,19?,25+/m0/s1. The summed E-state index contributed by atoms with van der Waals surface area (Å²) >= 11 is 12.7. The lowest BCUT2D eigenvalue weighted by atomic mass is 9.78. The fraction of sp³-hybridized carbons (Fsp3) is 0.520. The average molecular weight is 554 g/mol. The molecule has 0 bridgehead atoms. The molecule has 0 spiro atoms. The van der Waals surface area contributed by atoms with Gasteiger partial charge in [0.05, 0.1) is 10.5 Å². The summed E-state index contributed by atoms with van der Waals surface area (Å²) in [5.74, 6) is -2.54. The Morgan fingerprint density at radius 3 is 2.38 bits per heavy atom. The number of nitrogens with two attached hydrogens (primary N) is 1. The first-order valence-corrected chi connectivity index (χ1v) is 13.0. The summed E-state index contributed by atoms with van der Waals surface area (Å²) in [6.07, 6.45) is -0.174. The summed E-state index contributed by atoms with van der Waals surface area (Å²) in [5.41, 5.74) is 6.33. The number of halogens is 2. The number of carboxylic acid groups (broad SMARTS) is 1. The third-order valence-corrected chi connectivity index (χ3v) is 7.65. The Morgan fingerprint density at radius 2 is 1.81 bits per heavy atom. The molecule has 37 heavy (non-hydrogen) atoms. The van der Waals surface area contributed by atoms with E-state index in [1.165, 1.54) is 0 Å². The van der Waals surface area contributed by atoms with E-state index in [0.29, 0.717) is 28.4 Å². The van der Waals surface area contributed by atoms with Crippen molar-refractivity contribution in [2.24, 2.45) is 17.6 Å². The van der Waals surface area contributed by atoms with Crippen LogP contribution in [0.1, 0.15) is 51.8 Å². The molecule has 10 nitrogen and oxygen atoms in total. The van der Waals surface area contributed by atoms with Crippen LogP contribution in [0.25, 0.3) is 10.9 Å². The van der Waals surface area contributed by atoms with Crippen LogP contribution in [0.3, 0.4) is 0 Å². The van der Waals surface area contributed by atoms with Crippen LogP contribution in [-0.4, -0.2) is 51.5 Å². The van der Waals surface area contributed by atoms with Gasteiger partial charge in [-0.1, -0.05) is 57.3 Å². The zero-order valence-corrected chi connectivity index (χ0v) is 22.7. The summed E-state index contributed by atoms with van der Waals surface area (Å²) in [7, 11) is 0. The summed E-state index contributed by atoms with van der Waals surface area (Å²) in [5, 5.41) is 18.7. The molecule has 1 aromatic carbocycles. The molecule has 202 valence electrons. The van der Waals surface area contributed by atoms with Crippen LogP contribution in [0.15, 0.2) is 12.1 Å².